The monoisotopic (exact) mass is 270 g/mol. The van der Waals surface area contributed by atoms with E-state index in [2.05, 4.69) is 0 Å². The summed E-state index contributed by atoms with van der Waals surface area (Å²) in [5, 5.41) is 20.8. The average Bonchev–Trinajstić information content (AvgIpc) is 2.58. The van der Waals surface area contributed by atoms with Crippen molar-refractivity contribution in [2.24, 2.45) is 5.41 Å². The maximum atomic E-state index is 11.4. The molecule has 1 saturated carbocycles. The molecule has 0 aromatic heterocycles. The van der Waals surface area contributed by atoms with E-state index in [-0.39, 0.29) is 24.4 Å². The Morgan fingerprint density at radius 1 is 1.47 bits per heavy atom. The first-order valence-corrected chi connectivity index (χ1v) is 6.20. The minimum atomic E-state index is -1.63. The van der Waals surface area contributed by atoms with Gasteiger partial charge < -0.3 is 19.7 Å². The standard InChI is InChI=1S/C13H18O6/c1-7(14)10-6-12(3)11(16)9(18-8(2)15)4-5-13(12,17)19-10/h6,9,11,16-17H,4-5H2,1-3H3/t9-,11-,12+,13-/m0/s1. The van der Waals surface area contributed by atoms with Gasteiger partial charge in [0.05, 0.1) is 5.41 Å². The highest BCUT2D eigenvalue weighted by Crippen LogP contribution is 2.52. The highest BCUT2D eigenvalue weighted by atomic mass is 16.6. The molecule has 106 valence electrons. The third-order valence-corrected chi connectivity index (χ3v) is 3.95. The van der Waals surface area contributed by atoms with Crippen molar-refractivity contribution in [1.82, 2.24) is 0 Å². The number of Topliss-reactive ketones (excluding diaryl/α,β-unsaturated/α-hetero) is 1. The molecule has 1 fully saturated rings. The van der Waals surface area contributed by atoms with Crippen LogP contribution in [0.4, 0.5) is 0 Å². The van der Waals surface area contributed by atoms with Crippen LogP contribution in [0.3, 0.4) is 0 Å². The Labute approximate surface area is 111 Å². The molecule has 0 saturated heterocycles. The first-order chi connectivity index (χ1) is 8.69. The summed E-state index contributed by atoms with van der Waals surface area (Å²) in [6.07, 6.45) is 0.0220. The van der Waals surface area contributed by atoms with Crippen LogP contribution in [-0.2, 0) is 19.1 Å². The van der Waals surface area contributed by atoms with Crippen LogP contribution >= 0.6 is 0 Å². The second-order valence-electron chi connectivity index (χ2n) is 5.37. The van der Waals surface area contributed by atoms with Gasteiger partial charge in [0.2, 0.25) is 5.79 Å². The zero-order valence-corrected chi connectivity index (χ0v) is 11.2. The zero-order valence-electron chi connectivity index (χ0n) is 11.2. The van der Waals surface area contributed by atoms with Gasteiger partial charge in [0.25, 0.3) is 0 Å². The molecule has 4 atom stereocenters. The Morgan fingerprint density at radius 2 is 2.11 bits per heavy atom. The number of carbonyl (C=O) groups excluding carboxylic acids is 2. The number of aliphatic hydroxyl groups excluding tert-OH is 1. The number of carbonyl (C=O) groups is 2. The number of ether oxygens (including phenoxy) is 2. The molecule has 1 aliphatic heterocycles. The largest absolute Gasteiger partial charge is 0.460 e. The zero-order chi connectivity index (χ0) is 14.4. The van der Waals surface area contributed by atoms with Gasteiger partial charge in [0.1, 0.15) is 12.2 Å². The number of fused-ring (bicyclic) bond motifs is 1. The van der Waals surface area contributed by atoms with Gasteiger partial charge in [0.15, 0.2) is 11.5 Å². The van der Waals surface area contributed by atoms with Gasteiger partial charge in [-0.2, -0.15) is 0 Å². The molecule has 2 rings (SSSR count). The first-order valence-electron chi connectivity index (χ1n) is 6.20. The lowest BCUT2D eigenvalue weighted by Crippen LogP contribution is -2.59. The molecule has 6 heteroatoms. The van der Waals surface area contributed by atoms with Crippen molar-refractivity contribution in [3.05, 3.63) is 11.8 Å². The molecule has 2 N–H and O–H groups in total. The van der Waals surface area contributed by atoms with Crippen LogP contribution in [0.15, 0.2) is 11.8 Å². The van der Waals surface area contributed by atoms with E-state index in [0.717, 1.165) is 0 Å². The van der Waals surface area contributed by atoms with Gasteiger partial charge >= 0.3 is 5.97 Å². The molecule has 0 radical (unpaired) electrons. The van der Waals surface area contributed by atoms with Crippen molar-refractivity contribution in [2.45, 2.75) is 51.6 Å². The summed E-state index contributed by atoms with van der Waals surface area (Å²) >= 11 is 0. The smallest absolute Gasteiger partial charge is 0.302 e. The Kier molecular flexibility index (Phi) is 3.18. The van der Waals surface area contributed by atoms with Crippen LogP contribution in [0.5, 0.6) is 0 Å². The fourth-order valence-corrected chi connectivity index (χ4v) is 2.74. The van der Waals surface area contributed by atoms with Gasteiger partial charge in [-0.05, 0) is 19.4 Å². The van der Waals surface area contributed by atoms with Gasteiger partial charge in [-0.3, -0.25) is 9.59 Å². The van der Waals surface area contributed by atoms with Crippen molar-refractivity contribution >= 4 is 11.8 Å². The third-order valence-electron chi connectivity index (χ3n) is 3.95. The molecule has 19 heavy (non-hydrogen) atoms. The lowest BCUT2D eigenvalue weighted by Gasteiger charge is -2.47. The molecule has 0 aromatic carbocycles. The van der Waals surface area contributed by atoms with Crippen LogP contribution < -0.4 is 0 Å². The molecule has 0 aromatic rings. The Morgan fingerprint density at radius 3 is 2.63 bits per heavy atom. The topological polar surface area (TPSA) is 93.1 Å². The predicted octanol–water partition coefficient (Wildman–Crippen LogP) is 0.271. The number of ketones is 1. The number of aliphatic hydroxyl groups is 2. The predicted molar refractivity (Wildman–Crippen MR) is 63.7 cm³/mol. The summed E-state index contributed by atoms with van der Waals surface area (Å²) in [5.41, 5.74) is -1.17. The van der Waals surface area contributed by atoms with Gasteiger partial charge in [-0.1, -0.05) is 0 Å². The third kappa shape index (κ3) is 2.04. The minimum absolute atomic E-state index is 0.0347. The molecular formula is C13H18O6. The molecule has 2 aliphatic rings. The first kappa shape index (κ1) is 14.0. The van der Waals surface area contributed by atoms with Crippen LogP contribution in [-0.4, -0.2) is 40.0 Å². The van der Waals surface area contributed by atoms with E-state index >= 15 is 0 Å². The quantitative estimate of drug-likeness (QED) is 0.700. The number of hydrogen-bond donors (Lipinski definition) is 2. The van der Waals surface area contributed by atoms with Crippen molar-refractivity contribution in [3.8, 4) is 0 Å². The number of allylic oxidation sites excluding steroid dienone is 1. The molecule has 0 spiro atoms. The number of esters is 1. The summed E-state index contributed by atoms with van der Waals surface area (Å²) in [4.78, 5) is 22.4. The summed E-state index contributed by atoms with van der Waals surface area (Å²) < 4.78 is 10.4. The summed E-state index contributed by atoms with van der Waals surface area (Å²) in [6, 6.07) is 0. The molecule has 0 unspecified atom stereocenters. The summed E-state index contributed by atoms with van der Waals surface area (Å²) in [5.74, 6) is -2.41. The van der Waals surface area contributed by atoms with Crippen molar-refractivity contribution < 1.29 is 29.3 Å². The Bertz CT molecular complexity index is 456. The van der Waals surface area contributed by atoms with E-state index < -0.39 is 29.4 Å². The SMILES string of the molecule is CC(=O)O[C@H]1CC[C@]2(O)OC(C(C)=O)=C[C@]2(C)[C@H]1O. The Hall–Kier alpha value is -1.40. The summed E-state index contributed by atoms with van der Waals surface area (Å²) in [7, 11) is 0. The second-order valence-corrected chi connectivity index (χ2v) is 5.37. The normalized spacial score (nSPS) is 41.0. The van der Waals surface area contributed by atoms with Gasteiger partial charge in [-0.25, -0.2) is 0 Å². The molecule has 6 nitrogen and oxygen atoms in total. The molecule has 0 bridgehead atoms. The van der Waals surface area contributed by atoms with Crippen LogP contribution in [0, 0.1) is 5.41 Å². The number of hydrogen-bond acceptors (Lipinski definition) is 6. The maximum absolute atomic E-state index is 11.4. The van der Waals surface area contributed by atoms with Crippen molar-refractivity contribution in [2.75, 3.05) is 0 Å². The van der Waals surface area contributed by atoms with Crippen LogP contribution in [0.25, 0.3) is 0 Å². The fraction of sp³-hybridized carbons (Fsp3) is 0.692. The van der Waals surface area contributed by atoms with Gasteiger partial charge in [0, 0.05) is 20.3 Å². The molecule has 1 heterocycles. The fourth-order valence-electron chi connectivity index (χ4n) is 2.74. The van der Waals surface area contributed by atoms with E-state index in [0.29, 0.717) is 0 Å². The maximum Gasteiger partial charge on any atom is 0.302 e. The Balaban J connectivity index is 2.32. The van der Waals surface area contributed by atoms with E-state index in [4.69, 9.17) is 9.47 Å². The minimum Gasteiger partial charge on any atom is -0.460 e. The molecule has 1 aliphatic carbocycles. The highest BCUT2D eigenvalue weighted by molar-refractivity contribution is 5.92. The lowest BCUT2D eigenvalue weighted by atomic mass is 9.68. The van der Waals surface area contributed by atoms with Crippen LogP contribution in [0.2, 0.25) is 0 Å². The molecular weight excluding hydrogens is 252 g/mol. The summed E-state index contributed by atoms with van der Waals surface area (Å²) in [6.45, 7) is 4.17. The second kappa shape index (κ2) is 4.31. The van der Waals surface area contributed by atoms with E-state index in [1.165, 1.54) is 19.9 Å². The highest BCUT2D eigenvalue weighted by Gasteiger charge is 2.62. The number of rotatable bonds is 2. The van der Waals surface area contributed by atoms with Gasteiger partial charge in [-0.15, -0.1) is 0 Å². The lowest BCUT2D eigenvalue weighted by molar-refractivity contribution is -0.276. The molecule has 0 amide bonds. The van der Waals surface area contributed by atoms with E-state index in [1.807, 2.05) is 0 Å². The van der Waals surface area contributed by atoms with Crippen molar-refractivity contribution in [3.63, 3.8) is 0 Å². The van der Waals surface area contributed by atoms with E-state index in [1.54, 1.807) is 6.92 Å². The van der Waals surface area contributed by atoms with E-state index in [9.17, 15) is 19.8 Å². The average molecular weight is 270 g/mol. The van der Waals surface area contributed by atoms with Crippen molar-refractivity contribution in [1.29, 1.82) is 0 Å². The van der Waals surface area contributed by atoms with Crippen LogP contribution in [0.1, 0.15) is 33.6 Å².